The minimum Gasteiger partial charge on any atom is -0.256 e. The van der Waals surface area contributed by atoms with Gasteiger partial charge < -0.3 is 0 Å². The zero-order chi connectivity index (χ0) is 12.5. The number of hydrogen-bond donors (Lipinski definition) is 0. The van der Waals surface area contributed by atoms with Crippen molar-refractivity contribution in [2.45, 2.75) is 0 Å². The maximum Gasteiger partial charge on any atom is 0.126 e. The van der Waals surface area contributed by atoms with Crippen molar-refractivity contribution in [2.75, 3.05) is 0 Å². The maximum atomic E-state index is 13.3. The van der Waals surface area contributed by atoms with Crippen molar-refractivity contribution in [3.63, 3.8) is 0 Å². The molecule has 3 rings (SSSR count). The highest BCUT2D eigenvalue weighted by atomic mass is 19.1. The molecule has 1 aromatic heterocycles. The van der Waals surface area contributed by atoms with Crippen molar-refractivity contribution < 1.29 is 8.78 Å². The van der Waals surface area contributed by atoms with E-state index < -0.39 is 11.6 Å². The second kappa shape index (κ2) is 4.18. The van der Waals surface area contributed by atoms with E-state index in [0.717, 1.165) is 22.5 Å². The lowest BCUT2D eigenvalue weighted by Crippen LogP contribution is -1.86. The molecule has 0 aliphatic rings. The van der Waals surface area contributed by atoms with Crippen molar-refractivity contribution in [1.82, 2.24) is 4.98 Å². The van der Waals surface area contributed by atoms with Crippen LogP contribution in [0.3, 0.4) is 0 Å². The molecule has 0 atom stereocenters. The smallest absolute Gasteiger partial charge is 0.126 e. The highest BCUT2D eigenvalue weighted by Crippen LogP contribution is 2.28. The summed E-state index contributed by atoms with van der Waals surface area (Å²) in [4.78, 5) is 4.22. The molecule has 0 spiro atoms. The van der Waals surface area contributed by atoms with E-state index in [0.29, 0.717) is 5.56 Å². The molecule has 0 N–H and O–H groups in total. The van der Waals surface area contributed by atoms with Crippen molar-refractivity contribution in [2.24, 2.45) is 0 Å². The Bertz CT molecular complexity index is 697. The molecule has 0 unspecified atom stereocenters. The summed E-state index contributed by atoms with van der Waals surface area (Å²) in [6, 6.07) is 12.7. The number of benzene rings is 2. The van der Waals surface area contributed by atoms with Crippen LogP contribution in [0, 0.1) is 11.6 Å². The molecular formula is C15H9F2N. The number of fused-ring (bicyclic) bond motifs is 1. The van der Waals surface area contributed by atoms with Gasteiger partial charge in [0.05, 0.1) is 5.52 Å². The fourth-order valence-corrected chi connectivity index (χ4v) is 2.06. The third-order valence-corrected chi connectivity index (χ3v) is 2.82. The fourth-order valence-electron chi connectivity index (χ4n) is 2.06. The molecule has 1 heterocycles. The molecule has 0 radical (unpaired) electrons. The maximum absolute atomic E-state index is 13.3. The zero-order valence-electron chi connectivity index (χ0n) is 9.40. The van der Waals surface area contributed by atoms with Crippen molar-refractivity contribution in [3.8, 4) is 11.1 Å². The molecule has 3 heteroatoms. The molecule has 0 saturated carbocycles. The van der Waals surface area contributed by atoms with E-state index in [9.17, 15) is 8.78 Å². The standard InChI is InChI=1S/C15H9F2N/c16-11-7-10(8-12(17)9-11)13-3-1-5-15-14(13)4-2-6-18-15/h1-9H. The normalized spacial score (nSPS) is 10.8. The largest absolute Gasteiger partial charge is 0.256 e. The quantitative estimate of drug-likeness (QED) is 0.622. The van der Waals surface area contributed by atoms with E-state index in [-0.39, 0.29) is 0 Å². The van der Waals surface area contributed by atoms with Gasteiger partial charge in [0.2, 0.25) is 0 Å². The average Bonchev–Trinajstić information content (AvgIpc) is 2.37. The predicted octanol–water partition coefficient (Wildman–Crippen LogP) is 4.18. The minimum absolute atomic E-state index is 0.520. The lowest BCUT2D eigenvalue weighted by molar-refractivity contribution is 0.584. The van der Waals surface area contributed by atoms with E-state index in [4.69, 9.17) is 0 Å². The van der Waals surface area contributed by atoms with Crippen LogP contribution >= 0.6 is 0 Å². The molecule has 0 amide bonds. The molecule has 1 nitrogen and oxygen atoms in total. The first-order valence-electron chi connectivity index (χ1n) is 5.54. The van der Waals surface area contributed by atoms with Gasteiger partial charge in [0.25, 0.3) is 0 Å². The Morgan fingerprint density at radius 1 is 0.833 bits per heavy atom. The Labute approximate surface area is 103 Å². The van der Waals surface area contributed by atoms with Gasteiger partial charge in [-0.15, -0.1) is 0 Å². The van der Waals surface area contributed by atoms with Crippen molar-refractivity contribution in [3.05, 3.63) is 66.4 Å². The van der Waals surface area contributed by atoms with Crippen LogP contribution in [0.1, 0.15) is 0 Å². The molecule has 88 valence electrons. The summed E-state index contributed by atoms with van der Waals surface area (Å²) in [5.41, 5.74) is 2.10. The highest BCUT2D eigenvalue weighted by molar-refractivity contribution is 5.94. The SMILES string of the molecule is Fc1cc(F)cc(-c2cccc3ncccc23)c1. The summed E-state index contributed by atoms with van der Waals surface area (Å²) >= 11 is 0. The molecule has 0 aliphatic heterocycles. The van der Waals surface area contributed by atoms with Crippen LogP contribution in [-0.4, -0.2) is 4.98 Å². The van der Waals surface area contributed by atoms with Crippen LogP contribution in [0.15, 0.2) is 54.7 Å². The number of nitrogens with zero attached hydrogens (tertiary/aromatic N) is 1. The topological polar surface area (TPSA) is 12.9 Å². The second-order valence-electron chi connectivity index (χ2n) is 4.03. The third-order valence-electron chi connectivity index (χ3n) is 2.82. The first kappa shape index (κ1) is 10.8. The van der Waals surface area contributed by atoms with Gasteiger partial charge in [-0.3, -0.25) is 4.98 Å². The van der Waals surface area contributed by atoms with Crippen LogP contribution in [0.2, 0.25) is 0 Å². The number of halogens is 2. The van der Waals surface area contributed by atoms with Crippen LogP contribution in [0.25, 0.3) is 22.0 Å². The van der Waals surface area contributed by atoms with Crippen LogP contribution in [-0.2, 0) is 0 Å². The number of rotatable bonds is 1. The van der Waals surface area contributed by atoms with Gasteiger partial charge in [0, 0.05) is 17.6 Å². The summed E-state index contributed by atoms with van der Waals surface area (Å²) in [5, 5.41) is 0.880. The molecule has 0 saturated heterocycles. The van der Waals surface area contributed by atoms with Gasteiger partial charge in [0.15, 0.2) is 0 Å². The first-order chi connectivity index (χ1) is 8.74. The Kier molecular flexibility index (Phi) is 2.52. The van der Waals surface area contributed by atoms with Gasteiger partial charge in [-0.05, 0) is 35.4 Å². The fraction of sp³-hybridized carbons (Fsp3) is 0. The van der Waals surface area contributed by atoms with Crippen molar-refractivity contribution >= 4 is 10.9 Å². The Morgan fingerprint density at radius 3 is 2.39 bits per heavy atom. The molecule has 2 aromatic carbocycles. The minimum atomic E-state index is -0.578. The lowest BCUT2D eigenvalue weighted by Gasteiger charge is -2.06. The van der Waals surface area contributed by atoms with Gasteiger partial charge in [-0.2, -0.15) is 0 Å². The van der Waals surface area contributed by atoms with E-state index in [1.54, 1.807) is 6.20 Å². The number of hydrogen-bond acceptors (Lipinski definition) is 1. The zero-order valence-corrected chi connectivity index (χ0v) is 9.40. The van der Waals surface area contributed by atoms with E-state index in [1.807, 2.05) is 30.3 Å². The molecule has 0 aliphatic carbocycles. The number of pyridine rings is 1. The summed E-state index contributed by atoms with van der Waals surface area (Å²) < 4.78 is 26.5. The van der Waals surface area contributed by atoms with Gasteiger partial charge in [0.1, 0.15) is 11.6 Å². The first-order valence-corrected chi connectivity index (χ1v) is 5.54. The third kappa shape index (κ3) is 1.84. The monoisotopic (exact) mass is 241 g/mol. The predicted molar refractivity (Wildman–Crippen MR) is 67.1 cm³/mol. The van der Waals surface area contributed by atoms with Crippen LogP contribution in [0.5, 0.6) is 0 Å². The van der Waals surface area contributed by atoms with E-state index in [1.165, 1.54) is 12.1 Å². The Hall–Kier alpha value is -2.29. The van der Waals surface area contributed by atoms with Gasteiger partial charge in [-0.25, -0.2) is 8.78 Å². The van der Waals surface area contributed by atoms with Gasteiger partial charge in [-0.1, -0.05) is 18.2 Å². The van der Waals surface area contributed by atoms with Crippen LogP contribution in [0.4, 0.5) is 8.78 Å². The second-order valence-corrected chi connectivity index (χ2v) is 4.03. The lowest BCUT2D eigenvalue weighted by atomic mass is 10.0. The van der Waals surface area contributed by atoms with Gasteiger partial charge >= 0.3 is 0 Å². The van der Waals surface area contributed by atoms with Crippen molar-refractivity contribution in [1.29, 1.82) is 0 Å². The molecule has 0 fully saturated rings. The summed E-state index contributed by atoms with van der Waals surface area (Å²) in [6.45, 7) is 0. The summed E-state index contributed by atoms with van der Waals surface area (Å²) in [5.74, 6) is -1.16. The number of aromatic nitrogens is 1. The summed E-state index contributed by atoms with van der Waals surface area (Å²) in [7, 11) is 0. The molecule has 3 aromatic rings. The highest BCUT2D eigenvalue weighted by Gasteiger charge is 2.06. The average molecular weight is 241 g/mol. The summed E-state index contributed by atoms with van der Waals surface area (Å²) in [6.07, 6.45) is 1.69. The molecule has 18 heavy (non-hydrogen) atoms. The van der Waals surface area contributed by atoms with E-state index in [2.05, 4.69) is 4.98 Å². The Morgan fingerprint density at radius 2 is 1.61 bits per heavy atom. The Balaban J connectivity index is 2.31. The van der Waals surface area contributed by atoms with E-state index >= 15 is 0 Å². The molecular weight excluding hydrogens is 232 g/mol. The van der Waals surface area contributed by atoms with Crippen LogP contribution < -0.4 is 0 Å². The molecule has 0 bridgehead atoms.